The number of benzene rings is 1. The lowest BCUT2D eigenvalue weighted by molar-refractivity contribution is 0.578. The van der Waals surface area contributed by atoms with E-state index in [0.29, 0.717) is 24.7 Å². The van der Waals surface area contributed by atoms with Crippen LogP contribution in [0, 0.1) is 0 Å². The van der Waals surface area contributed by atoms with Gasteiger partial charge in [0.15, 0.2) is 0 Å². The molecule has 0 fully saturated rings. The lowest BCUT2D eigenvalue weighted by atomic mass is 10.2. The summed E-state index contributed by atoms with van der Waals surface area (Å²) in [6.45, 7) is 3.19. The molecule has 18 heavy (non-hydrogen) atoms. The first-order chi connectivity index (χ1) is 8.44. The molecule has 102 valence electrons. The van der Waals surface area contributed by atoms with Gasteiger partial charge in [-0.05, 0) is 17.7 Å². The first-order valence-electron chi connectivity index (χ1n) is 5.56. The van der Waals surface area contributed by atoms with Gasteiger partial charge in [0.05, 0.1) is 5.75 Å². The highest BCUT2D eigenvalue weighted by Gasteiger charge is 2.07. The number of nitrogens with one attached hydrogen (secondary N) is 2. The highest BCUT2D eigenvalue weighted by molar-refractivity contribution is 9.10. The first-order valence-corrected chi connectivity index (χ1v) is 8.39. The van der Waals surface area contributed by atoms with E-state index in [2.05, 4.69) is 26.0 Å². The Labute approximate surface area is 121 Å². The average Bonchev–Trinajstić information content (AvgIpc) is 2.26. The van der Waals surface area contributed by atoms with Crippen molar-refractivity contribution < 1.29 is 8.42 Å². The van der Waals surface area contributed by atoms with E-state index in [4.69, 9.17) is 11.6 Å². The summed E-state index contributed by atoms with van der Waals surface area (Å²) < 4.78 is 26.1. The molecular weight excluding hydrogens is 340 g/mol. The van der Waals surface area contributed by atoms with E-state index in [9.17, 15) is 8.42 Å². The standard InChI is InChI=1S/C11H16BrClN2O2S/c1-2-15-18(16,17)6-5-14-8-9-3-4-10(13)7-11(9)12/h3-4,7,14-15H,2,5-6,8H2,1H3. The summed E-state index contributed by atoms with van der Waals surface area (Å²) in [4.78, 5) is 0. The van der Waals surface area contributed by atoms with Crippen molar-refractivity contribution in [1.82, 2.24) is 10.0 Å². The van der Waals surface area contributed by atoms with Crippen molar-refractivity contribution in [3.05, 3.63) is 33.3 Å². The summed E-state index contributed by atoms with van der Waals surface area (Å²) in [5, 5.41) is 3.75. The summed E-state index contributed by atoms with van der Waals surface area (Å²) in [5.41, 5.74) is 1.04. The molecule has 0 aliphatic carbocycles. The van der Waals surface area contributed by atoms with Crippen molar-refractivity contribution >= 4 is 37.6 Å². The van der Waals surface area contributed by atoms with Crippen LogP contribution >= 0.6 is 27.5 Å². The topological polar surface area (TPSA) is 58.2 Å². The van der Waals surface area contributed by atoms with E-state index in [0.717, 1.165) is 10.0 Å². The van der Waals surface area contributed by atoms with Gasteiger partial charge in [-0.15, -0.1) is 0 Å². The molecule has 0 heterocycles. The lowest BCUT2D eigenvalue weighted by Crippen LogP contribution is -2.31. The third-order valence-electron chi connectivity index (χ3n) is 2.24. The van der Waals surface area contributed by atoms with E-state index in [1.54, 1.807) is 13.0 Å². The van der Waals surface area contributed by atoms with Crippen molar-refractivity contribution in [3.8, 4) is 0 Å². The van der Waals surface area contributed by atoms with E-state index < -0.39 is 10.0 Å². The van der Waals surface area contributed by atoms with Gasteiger partial charge in [0.2, 0.25) is 10.0 Å². The highest BCUT2D eigenvalue weighted by Crippen LogP contribution is 2.21. The fourth-order valence-electron chi connectivity index (χ4n) is 1.39. The summed E-state index contributed by atoms with van der Waals surface area (Å²) >= 11 is 9.24. The van der Waals surface area contributed by atoms with E-state index in [1.165, 1.54) is 0 Å². The normalized spacial score (nSPS) is 11.7. The van der Waals surface area contributed by atoms with Crippen LogP contribution in [0.5, 0.6) is 0 Å². The monoisotopic (exact) mass is 354 g/mol. The summed E-state index contributed by atoms with van der Waals surface area (Å²) in [6.07, 6.45) is 0. The van der Waals surface area contributed by atoms with Crippen LogP contribution in [0.25, 0.3) is 0 Å². The Kier molecular flexibility index (Phi) is 6.59. The molecule has 0 aromatic heterocycles. The zero-order chi connectivity index (χ0) is 13.6. The van der Waals surface area contributed by atoms with Gasteiger partial charge in [-0.25, -0.2) is 13.1 Å². The van der Waals surface area contributed by atoms with Gasteiger partial charge in [0.25, 0.3) is 0 Å². The second-order valence-electron chi connectivity index (χ2n) is 3.73. The van der Waals surface area contributed by atoms with Gasteiger partial charge in [0.1, 0.15) is 0 Å². The molecule has 0 unspecified atom stereocenters. The predicted molar refractivity (Wildman–Crippen MR) is 78.3 cm³/mol. The minimum Gasteiger partial charge on any atom is -0.312 e. The Morgan fingerprint density at radius 3 is 2.72 bits per heavy atom. The van der Waals surface area contributed by atoms with Gasteiger partial charge >= 0.3 is 0 Å². The van der Waals surface area contributed by atoms with Crippen molar-refractivity contribution in [2.75, 3.05) is 18.8 Å². The molecule has 1 rings (SSSR count). The number of halogens is 2. The largest absolute Gasteiger partial charge is 0.312 e. The quantitative estimate of drug-likeness (QED) is 0.737. The molecule has 7 heteroatoms. The molecule has 1 aromatic carbocycles. The zero-order valence-corrected chi connectivity index (χ0v) is 13.2. The fourth-order valence-corrected chi connectivity index (χ4v) is 3.21. The van der Waals surface area contributed by atoms with Crippen LogP contribution in [-0.4, -0.2) is 27.3 Å². The summed E-state index contributed by atoms with van der Waals surface area (Å²) in [7, 11) is -3.15. The van der Waals surface area contributed by atoms with Crippen molar-refractivity contribution in [3.63, 3.8) is 0 Å². The maximum atomic E-state index is 11.4. The number of rotatable bonds is 7. The van der Waals surface area contributed by atoms with Crippen molar-refractivity contribution in [2.24, 2.45) is 0 Å². The molecule has 0 spiro atoms. The zero-order valence-electron chi connectivity index (χ0n) is 10.0. The Bertz CT molecular complexity index is 494. The van der Waals surface area contributed by atoms with Gasteiger partial charge in [0, 0.05) is 29.1 Å². The molecule has 0 aliphatic rings. The minimum absolute atomic E-state index is 0.0754. The van der Waals surface area contributed by atoms with Crippen LogP contribution in [-0.2, 0) is 16.6 Å². The Morgan fingerprint density at radius 1 is 1.39 bits per heavy atom. The first kappa shape index (κ1) is 15.9. The molecule has 2 N–H and O–H groups in total. The highest BCUT2D eigenvalue weighted by atomic mass is 79.9. The summed E-state index contributed by atoms with van der Waals surface area (Å²) in [5.74, 6) is 0.0754. The molecule has 0 radical (unpaired) electrons. The van der Waals surface area contributed by atoms with Crippen molar-refractivity contribution in [1.29, 1.82) is 0 Å². The van der Waals surface area contributed by atoms with E-state index in [1.807, 2.05) is 12.1 Å². The molecule has 0 saturated heterocycles. The molecule has 1 aromatic rings. The fraction of sp³-hybridized carbons (Fsp3) is 0.455. The van der Waals surface area contributed by atoms with Gasteiger partial charge < -0.3 is 5.32 Å². The van der Waals surface area contributed by atoms with Crippen LogP contribution in [0.15, 0.2) is 22.7 Å². The Balaban J connectivity index is 2.38. The Morgan fingerprint density at radius 2 is 2.11 bits per heavy atom. The number of hydrogen-bond acceptors (Lipinski definition) is 3. The van der Waals surface area contributed by atoms with Gasteiger partial charge in [-0.3, -0.25) is 0 Å². The van der Waals surface area contributed by atoms with Crippen LogP contribution in [0.3, 0.4) is 0 Å². The van der Waals surface area contributed by atoms with Crippen LogP contribution in [0.1, 0.15) is 12.5 Å². The summed E-state index contributed by atoms with van der Waals surface area (Å²) in [6, 6.07) is 5.52. The molecule has 0 atom stereocenters. The molecule has 0 bridgehead atoms. The predicted octanol–water partition coefficient (Wildman–Crippen LogP) is 2.13. The van der Waals surface area contributed by atoms with Crippen LogP contribution < -0.4 is 10.0 Å². The SMILES string of the molecule is CCNS(=O)(=O)CCNCc1ccc(Cl)cc1Br. The van der Waals surface area contributed by atoms with Crippen molar-refractivity contribution in [2.45, 2.75) is 13.5 Å². The molecule has 4 nitrogen and oxygen atoms in total. The second kappa shape index (κ2) is 7.45. The maximum Gasteiger partial charge on any atom is 0.212 e. The number of hydrogen-bond donors (Lipinski definition) is 2. The molecular formula is C11H16BrClN2O2S. The third-order valence-corrected chi connectivity index (χ3v) is 4.69. The van der Waals surface area contributed by atoms with Gasteiger partial charge in [-0.1, -0.05) is 40.5 Å². The average molecular weight is 356 g/mol. The molecule has 0 saturated carbocycles. The van der Waals surface area contributed by atoms with Gasteiger partial charge in [-0.2, -0.15) is 0 Å². The molecule has 0 aliphatic heterocycles. The van der Waals surface area contributed by atoms with Crippen LogP contribution in [0.4, 0.5) is 0 Å². The van der Waals surface area contributed by atoms with Crippen LogP contribution in [0.2, 0.25) is 5.02 Å². The Hall–Kier alpha value is -0.140. The lowest BCUT2D eigenvalue weighted by Gasteiger charge is -2.08. The van der Waals surface area contributed by atoms with E-state index >= 15 is 0 Å². The maximum absolute atomic E-state index is 11.4. The minimum atomic E-state index is -3.15. The number of sulfonamides is 1. The third kappa shape index (κ3) is 5.67. The molecule has 0 amide bonds. The van der Waals surface area contributed by atoms with E-state index in [-0.39, 0.29) is 5.75 Å². The second-order valence-corrected chi connectivity index (χ2v) is 6.95. The smallest absolute Gasteiger partial charge is 0.212 e.